The quantitative estimate of drug-likeness (QED) is 0.878. The second-order valence-electron chi connectivity index (χ2n) is 3.33. The summed E-state index contributed by atoms with van der Waals surface area (Å²) in [7, 11) is 3.57. The van der Waals surface area contributed by atoms with Gasteiger partial charge < -0.3 is 10.1 Å². The van der Waals surface area contributed by atoms with Gasteiger partial charge in [-0.3, -0.25) is 0 Å². The van der Waals surface area contributed by atoms with E-state index < -0.39 is 0 Å². The van der Waals surface area contributed by atoms with Crippen LogP contribution in [0.25, 0.3) is 0 Å². The summed E-state index contributed by atoms with van der Waals surface area (Å²) in [5, 5.41) is 3.22. The van der Waals surface area contributed by atoms with Gasteiger partial charge in [0.05, 0.1) is 36.8 Å². The van der Waals surface area contributed by atoms with Crippen LogP contribution in [0.4, 0.5) is 0 Å². The molecule has 1 atom stereocenters. The normalized spacial score (nSPS) is 12.4. The minimum atomic E-state index is 0.0637. The molecule has 5 heteroatoms. The minimum Gasteiger partial charge on any atom is -0.497 e. The maximum absolute atomic E-state index is 5.21. The second-order valence-corrected chi connectivity index (χ2v) is 3.89. The average molecular weight is 235 g/mol. The number of nitrogens with one attached hydrogen (secondary N) is 1. The Morgan fingerprint density at radius 1 is 1.44 bits per heavy atom. The second kappa shape index (κ2) is 5.05. The third-order valence-corrected chi connectivity index (χ3v) is 2.88. The van der Waals surface area contributed by atoms with E-state index in [1.54, 1.807) is 13.3 Å². The monoisotopic (exact) mass is 235 g/mol. The third kappa shape index (κ3) is 2.20. The van der Waals surface area contributed by atoms with Crippen LogP contribution in [0.5, 0.6) is 5.75 Å². The molecule has 1 unspecified atom stereocenters. The van der Waals surface area contributed by atoms with Gasteiger partial charge in [0, 0.05) is 0 Å². The molecular weight excluding hydrogens is 222 g/mol. The van der Waals surface area contributed by atoms with Gasteiger partial charge in [0.25, 0.3) is 0 Å². The van der Waals surface area contributed by atoms with E-state index in [0.29, 0.717) is 0 Å². The highest BCUT2D eigenvalue weighted by Gasteiger charge is 2.14. The predicted octanol–water partition coefficient (Wildman–Crippen LogP) is 1.86. The molecule has 1 heterocycles. The molecule has 0 bridgehead atoms. The highest BCUT2D eigenvalue weighted by Crippen LogP contribution is 2.23. The largest absolute Gasteiger partial charge is 0.497 e. The molecule has 0 aliphatic heterocycles. The van der Waals surface area contributed by atoms with Crippen molar-refractivity contribution in [3.63, 3.8) is 0 Å². The van der Waals surface area contributed by atoms with E-state index in [9.17, 15) is 0 Å². The molecular formula is C11H13N3OS. The van der Waals surface area contributed by atoms with E-state index in [-0.39, 0.29) is 6.04 Å². The van der Waals surface area contributed by atoms with Crippen molar-refractivity contribution in [3.05, 3.63) is 41.7 Å². The van der Waals surface area contributed by atoms with Crippen molar-refractivity contribution >= 4 is 11.7 Å². The molecule has 0 amide bonds. The molecule has 2 rings (SSSR count). The van der Waals surface area contributed by atoms with Gasteiger partial charge in [0.1, 0.15) is 5.75 Å². The molecule has 2 aromatic rings. The average Bonchev–Trinajstić information content (AvgIpc) is 2.84. The fourth-order valence-corrected chi connectivity index (χ4v) is 2.05. The van der Waals surface area contributed by atoms with Crippen molar-refractivity contribution in [2.45, 2.75) is 6.04 Å². The molecule has 1 aromatic heterocycles. The Bertz CT molecular complexity index is 444. The summed E-state index contributed by atoms with van der Waals surface area (Å²) in [6.07, 6.45) is 1.78. The van der Waals surface area contributed by atoms with E-state index >= 15 is 0 Å². The van der Waals surface area contributed by atoms with Gasteiger partial charge in [-0.2, -0.15) is 8.75 Å². The summed E-state index contributed by atoms with van der Waals surface area (Å²) in [6, 6.07) is 8.01. The SMILES string of the molecule is CNC(c1cccc(OC)c1)c1cnsn1. The van der Waals surface area contributed by atoms with E-state index in [4.69, 9.17) is 4.74 Å². The zero-order chi connectivity index (χ0) is 11.4. The first-order valence-electron chi connectivity index (χ1n) is 4.94. The first-order chi connectivity index (χ1) is 7.85. The van der Waals surface area contributed by atoms with Crippen LogP contribution in [0.15, 0.2) is 30.5 Å². The lowest BCUT2D eigenvalue weighted by Gasteiger charge is -2.14. The first-order valence-corrected chi connectivity index (χ1v) is 5.67. The molecule has 4 nitrogen and oxygen atoms in total. The summed E-state index contributed by atoms with van der Waals surface area (Å²) in [4.78, 5) is 0. The van der Waals surface area contributed by atoms with Crippen LogP contribution in [0.2, 0.25) is 0 Å². The molecule has 1 aromatic carbocycles. The molecule has 1 N–H and O–H groups in total. The van der Waals surface area contributed by atoms with Gasteiger partial charge in [0.15, 0.2) is 0 Å². The van der Waals surface area contributed by atoms with Gasteiger partial charge in [-0.25, -0.2) is 0 Å². The fraction of sp³-hybridized carbons (Fsp3) is 0.273. The maximum Gasteiger partial charge on any atom is 0.119 e. The standard InChI is InChI=1S/C11H13N3OS/c1-12-11(10-7-13-16-14-10)8-4-3-5-9(6-8)15-2/h3-7,11-12H,1-2H3. The number of methoxy groups -OCH3 is 1. The number of nitrogens with zero attached hydrogens (tertiary/aromatic N) is 2. The van der Waals surface area contributed by atoms with Crippen LogP contribution in [0.1, 0.15) is 17.3 Å². The van der Waals surface area contributed by atoms with Crippen LogP contribution < -0.4 is 10.1 Å². The Hall–Kier alpha value is -1.46. The van der Waals surface area contributed by atoms with Crippen molar-refractivity contribution < 1.29 is 4.74 Å². The van der Waals surface area contributed by atoms with Crippen LogP contribution in [-0.4, -0.2) is 22.9 Å². The molecule has 0 spiro atoms. The van der Waals surface area contributed by atoms with Crippen LogP contribution in [-0.2, 0) is 0 Å². The molecule has 0 aliphatic rings. The number of rotatable bonds is 4. The summed E-state index contributed by atoms with van der Waals surface area (Å²) in [6.45, 7) is 0. The summed E-state index contributed by atoms with van der Waals surface area (Å²) in [5.41, 5.74) is 2.05. The Morgan fingerprint density at radius 3 is 2.94 bits per heavy atom. The van der Waals surface area contributed by atoms with Crippen molar-refractivity contribution in [2.24, 2.45) is 0 Å². The zero-order valence-electron chi connectivity index (χ0n) is 9.18. The van der Waals surface area contributed by atoms with Gasteiger partial charge >= 0.3 is 0 Å². The molecule has 0 saturated carbocycles. The zero-order valence-corrected chi connectivity index (χ0v) is 9.99. The van der Waals surface area contributed by atoms with Gasteiger partial charge in [-0.05, 0) is 24.7 Å². The van der Waals surface area contributed by atoms with E-state index in [1.807, 2.05) is 31.3 Å². The lowest BCUT2D eigenvalue weighted by molar-refractivity contribution is 0.413. The first kappa shape index (κ1) is 11.0. The van der Waals surface area contributed by atoms with Gasteiger partial charge in [-0.15, -0.1) is 0 Å². The summed E-state index contributed by atoms with van der Waals surface area (Å²) >= 11 is 1.22. The number of hydrogen-bond donors (Lipinski definition) is 1. The van der Waals surface area contributed by atoms with Crippen LogP contribution in [0.3, 0.4) is 0 Å². The highest BCUT2D eigenvalue weighted by molar-refractivity contribution is 6.99. The topological polar surface area (TPSA) is 47.0 Å². The number of aromatic nitrogens is 2. The Labute approximate surface area is 98.6 Å². The van der Waals surface area contributed by atoms with Crippen molar-refractivity contribution in [3.8, 4) is 5.75 Å². The molecule has 0 fully saturated rings. The predicted molar refractivity (Wildman–Crippen MR) is 63.8 cm³/mol. The fourth-order valence-electron chi connectivity index (χ4n) is 1.61. The van der Waals surface area contributed by atoms with E-state index in [1.165, 1.54) is 11.7 Å². The van der Waals surface area contributed by atoms with Crippen LogP contribution >= 0.6 is 11.7 Å². The van der Waals surface area contributed by atoms with E-state index in [0.717, 1.165) is 17.0 Å². The summed E-state index contributed by atoms with van der Waals surface area (Å²) in [5.74, 6) is 0.848. The molecule has 0 saturated heterocycles. The smallest absolute Gasteiger partial charge is 0.119 e. The van der Waals surface area contributed by atoms with Crippen molar-refractivity contribution in [1.29, 1.82) is 0 Å². The lowest BCUT2D eigenvalue weighted by Crippen LogP contribution is -2.17. The van der Waals surface area contributed by atoms with Crippen molar-refractivity contribution in [2.75, 3.05) is 14.2 Å². The summed E-state index contributed by atoms with van der Waals surface area (Å²) < 4.78 is 13.5. The van der Waals surface area contributed by atoms with Crippen molar-refractivity contribution in [1.82, 2.24) is 14.1 Å². The minimum absolute atomic E-state index is 0.0637. The Balaban J connectivity index is 2.33. The molecule has 0 radical (unpaired) electrons. The molecule has 16 heavy (non-hydrogen) atoms. The highest BCUT2D eigenvalue weighted by atomic mass is 32.1. The van der Waals surface area contributed by atoms with Crippen LogP contribution in [0, 0.1) is 0 Å². The Morgan fingerprint density at radius 2 is 2.31 bits per heavy atom. The third-order valence-electron chi connectivity index (χ3n) is 2.39. The van der Waals surface area contributed by atoms with Gasteiger partial charge in [-0.1, -0.05) is 12.1 Å². The number of ether oxygens (including phenoxy) is 1. The molecule has 0 aliphatic carbocycles. The van der Waals surface area contributed by atoms with Gasteiger partial charge in [0.2, 0.25) is 0 Å². The maximum atomic E-state index is 5.21. The lowest BCUT2D eigenvalue weighted by atomic mass is 10.0. The Kier molecular flexibility index (Phi) is 3.48. The number of hydrogen-bond acceptors (Lipinski definition) is 5. The molecule has 84 valence electrons. The number of benzene rings is 1. The van der Waals surface area contributed by atoms with E-state index in [2.05, 4.69) is 14.1 Å².